The number of carbonyl (C=O) groups is 2. The van der Waals surface area contributed by atoms with E-state index < -0.39 is 0 Å². The van der Waals surface area contributed by atoms with Gasteiger partial charge in [-0.1, -0.05) is 11.6 Å². The molecule has 7 heteroatoms. The minimum Gasteiger partial charge on any atom is -0.487 e. The van der Waals surface area contributed by atoms with Gasteiger partial charge < -0.3 is 10.1 Å². The molecule has 0 aliphatic carbocycles. The molecule has 1 aliphatic rings. The largest absolute Gasteiger partial charge is 0.487 e. The van der Waals surface area contributed by atoms with Crippen molar-refractivity contribution in [3.63, 3.8) is 0 Å². The van der Waals surface area contributed by atoms with Gasteiger partial charge in [-0.15, -0.1) is 11.3 Å². The summed E-state index contributed by atoms with van der Waals surface area (Å²) in [5.74, 6) is 0.549. The van der Waals surface area contributed by atoms with E-state index in [1.54, 1.807) is 24.5 Å². The van der Waals surface area contributed by atoms with Crippen molar-refractivity contribution in [2.24, 2.45) is 0 Å². The Balaban J connectivity index is 1.46. The number of nitrogens with one attached hydrogen (secondary N) is 1. The van der Waals surface area contributed by atoms with Gasteiger partial charge >= 0.3 is 0 Å². The predicted octanol–water partition coefficient (Wildman–Crippen LogP) is 4.40. The number of fused-ring (bicyclic) bond motifs is 1. The van der Waals surface area contributed by atoms with Crippen LogP contribution in [0, 0.1) is 0 Å². The van der Waals surface area contributed by atoms with Crippen LogP contribution in [-0.2, 0) is 6.42 Å². The van der Waals surface area contributed by atoms with Gasteiger partial charge in [0.05, 0.1) is 16.3 Å². The molecule has 4 rings (SSSR count). The number of hydrogen-bond donors (Lipinski definition) is 1. The van der Waals surface area contributed by atoms with Crippen LogP contribution in [0.3, 0.4) is 0 Å². The van der Waals surface area contributed by atoms with E-state index in [0.717, 1.165) is 22.4 Å². The average Bonchev–Trinajstić information content (AvgIpc) is 3.33. The second-order valence-corrected chi connectivity index (χ2v) is 8.07. The van der Waals surface area contributed by atoms with Crippen molar-refractivity contribution in [2.45, 2.75) is 19.4 Å². The smallest absolute Gasteiger partial charge is 0.261 e. The first-order valence-corrected chi connectivity index (χ1v) is 9.99. The summed E-state index contributed by atoms with van der Waals surface area (Å²) in [6.45, 7) is 1.86. The van der Waals surface area contributed by atoms with E-state index in [-0.39, 0.29) is 17.8 Å². The molecule has 0 saturated carbocycles. The Bertz CT molecular complexity index is 1050. The van der Waals surface area contributed by atoms with Crippen LogP contribution in [0.5, 0.6) is 5.75 Å². The SMILES string of the molecule is CC(=O)c1ccc(C(=O)NC[C@@H]2Cc3cc(Cl)cc(-c4ccncc4)c3O2)s1. The first kappa shape index (κ1) is 18.7. The summed E-state index contributed by atoms with van der Waals surface area (Å²) in [5, 5.41) is 3.54. The lowest BCUT2D eigenvalue weighted by Crippen LogP contribution is -2.34. The second-order valence-electron chi connectivity index (χ2n) is 6.55. The number of benzene rings is 1. The molecule has 0 spiro atoms. The molecule has 1 aromatic carbocycles. The van der Waals surface area contributed by atoms with Gasteiger partial charge in [0.15, 0.2) is 5.78 Å². The summed E-state index contributed by atoms with van der Waals surface area (Å²) in [5.41, 5.74) is 2.92. The third-order valence-electron chi connectivity index (χ3n) is 4.52. The maximum atomic E-state index is 12.4. The van der Waals surface area contributed by atoms with E-state index in [4.69, 9.17) is 16.3 Å². The van der Waals surface area contributed by atoms with Gasteiger partial charge in [-0.2, -0.15) is 0 Å². The Kier molecular flexibility index (Phi) is 5.15. The summed E-state index contributed by atoms with van der Waals surface area (Å²) in [4.78, 5) is 28.9. The number of Topliss-reactive ketones (excluding diaryl/α,β-unsaturated/α-hetero) is 1. The van der Waals surface area contributed by atoms with Crippen molar-refractivity contribution >= 4 is 34.6 Å². The average molecular weight is 413 g/mol. The van der Waals surface area contributed by atoms with Crippen molar-refractivity contribution < 1.29 is 14.3 Å². The van der Waals surface area contributed by atoms with Crippen molar-refractivity contribution in [2.75, 3.05) is 6.54 Å². The Hall–Kier alpha value is -2.70. The van der Waals surface area contributed by atoms with Gasteiger partial charge in [-0.25, -0.2) is 0 Å². The number of pyridine rings is 1. The highest BCUT2D eigenvalue weighted by Gasteiger charge is 2.27. The van der Waals surface area contributed by atoms with Gasteiger partial charge in [0.1, 0.15) is 11.9 Å². The zero-order valence-electron chi connectivity index (χ0n) is 15.1. The Morgan fingerprint density at radius 3 is 2.68 bits per heavy atom. The van der Waals surface area contributed by atoms with E-state index in [9.17, 15) is 9.59 Å². The second kappa shape index (κ2) is 7.73. The molecule has 0 radical (unpaired) electrons. The van der Waals surface area contributed by atoms with Crippen LogP contribution >= 0.6 is 22.9 Å². The van der Waals surface area contributed by atoms with Gasteiger partial charge in [0.2, 0.25) is 0 Å². The molecule has 0 bridgehead atoms. The number of hydrogen-bond acceptors (Lipinski definition) is 5. The number of thiophene rings is 1. The number of amides is 1. The minimum atomic E-state index is -0.204. The third-order valence-corrected chi connectivity index (χ3v) is 5.92. The van der Waals surface area contributed by atoms with Crippen molar-refractivity contribution in [3.8, 4) is 16.9 Å². The van der Waals surface area contributed by atoms with Crippen molar-refractivity contribution in [1.82, 2.24) is 10.3 Å². The molecule has 5 nitrogen and oxygen atoms in total. The number of halogens is 1. The molecular weight excluding hydrogens is 396 g/mol. The molecule has 1 aliphatic heterocycles. The van der Waals surface area contributed by atoms with Crippen molar-refractivity contribution in [1.29, 1.82) is 0 Å². The fraction of sp³-hybridized carbons (Fsp3) is 0.190. The van der Waals surface area contributed by atoms with E-state index in [1.165, 1.54) is 18.3 Å². The summed E-state index contributed by atoms with van der Waals surface area (Å²) < 4.78 is 6.13. The van der Waals surface area contributed by atoms with Crippen LogP contribution in [0.25, 0.3) is 11.1 Å². The predicted molar refractivity (Wildman–Crippen MR) is 109 cm³/mol. The number of rotatable bonds is 5. The molecule has 0 fully saturated rings. The van der Waals surface area contributed by atoms with Crippen LogP contribution in [0.2, 0.25) is 5.02 Å². The summed E-state index contributed by atoms with van der Waals surface area (Å²) in [6.07, 6.45) is 3.94. The summed E-state index contributed by atoms with van der Waals surface area (Å²) >= 11 is 7.49. The van der Waals surface area contributed by atoms with Gasteiger partial charge in [0, 0.05) is 35.0 Å². The molecule has 0 unspecified atom stereocenters. The standard InChI is InChI=1S/C21H17ClN2O3S/c1-12(25)18-2-3-19(28-18)21(26)24-11-16-9-14-8-15(22)10-17(20(14)27-16)13-4-6-23-7-5-13/h2-8,10,16H,9,11H2,1H3,(H,24,26)/t16-/m0/s1. The van der Waals surface area contributed by atoms with Crippen LogP contribution in [0.15, 0.2) is 48.8 Å². The number of carbonyl (C=O) groups excluding carboxylic acids is 2. The van der Waals surface area contributed by atoms with Gasteiger partial charge in [0.25, 0.3) is 5.91 Å². The monoisotopic (exact) mass is 412 g/mol. The minimum absolute atomic E-state index is 0.0425. The lowest BCUT2D eigenvalue weighted by atomic mass is 10.0. The normalized spacial score (nSPS) is 15.0. The van der Waals surface area contributed by atoms with E-state index in [2.05, 4.69) is 10.3 Å². The number of ketones is 1. The van der Waals surface area contributed by atoms with Crippen LogP contribution in [0.1, 0.15) is 31.8 Å². The highest BCUT2D eigenvalue weighted by molar-refractivity contribution is 7.15. The molecule has 1 atom stereocenters. The Labute approximate surface area is 171 Å². The van der Waals surface area contributed by atoms with Gasteiger partial charge in [-0.3, -0.25) is 14.6 Å². The Morgan fingerprint density at radius 1 is 1.21 bits per heavy atom. The van der Waals surface area contributed by atoms with Crippen LogP contribution in [-0.4, -0.2) is 29.3 Å². The lowest BCUT2D eigenvalue weighted by molar-refractivity contribution is 0.0937. The number of ether oxygens (including phenoxy) is 1. The number of aromatic nitrogens is 1. The van der Waals surface area contributed by atoms with Gasteiger partial charge in [-0.05, 0) is 48.9 Å². The molecule has 28 heavy (non-hydrogen) atoms. The molecule has 1 amide bonds. The topological polar surface area (TPSA) is 68.3 Å². The van der Waals surface area contributed by atoms with Crippen molar-refractivity contribution in [3.05, 3.63) is 69.1 Å². The van der Waals surface area contributed by atoms with E-state index in [0.29, 0.717) is 27.7 Å². The highest BCUT2D eigenvalue weighted by atomic mass is 35.5. The van der Waals surface area contributed by atoms with Crippen LogP contribution in [0.4, 0.5) is 0 Å². The zero-order chi connectivity index (χ0) is 19.7. The first-order valence-electron chi connectivity index (χ1n) is 8.79. The third kappa shape index (κ3) is 3.79. The molecule has 142 valence electrons. The molecule has 0 saturated heterocycles. The lowest BCUT2D eigenvalue weighted by Gasteiger charge is -2.13. The molecule has 1 N–H and O–H groups in total. The zero-order valence-corrected chi connectivity index (χ0v) is 16.6. The maximum Gasteiger partial charge on any atom is 0.261 e. The summed E-state index contributed by atoms with van der Waals surface area (Å²) in [6, 6.07) is 10.9. The van der Waals surface area contributed by atoms with E-state index >= 15 is 0 Å². The fourth-order valence-electron chi connectivity index (χ4n) is 3.20. The number of nitrogens with zero attached hydrogens (tertiary/aromatic N) is 1. The van der Waals surface area contributed by atoms with Crippen LogP contribution < -0.4 is 10.1 Å². The maximum absolute atomic E-state index is 12.4. The molecule has 3 heterocycles. The molecule has 2 aromatic heterocycles. The quantitative estimate of drug-likeness (QED) is 0.630. The molecular formula is C21H17ClN2O3S. The van der Waals surface area contributed by atoms with E-state index in [1.807, 2.05) is 24.3 Å². The first-order chi connectivity index (χ1) is 13.5. The summed E-state index contributed by atoms with van der Waals surface area (Å²) in [7, 11) is 0. The molecule has 3 aromatic rings. The highest BCUT2D eigenvalue weighted by Crippen LogP contribution is 2.40. The fourth-order valence-corrected chi connectivity index (χ4v) is 4.26. The Morgan fingerprint density at radius 2 is 1.96 bits per heavy atom.